The summed E-state index contributed by atoms with van der Waals surface area (Å²) in [4.78, 5) is 15.6. The van der Waals surface area contributed by atoms with E-state index in [0.29, 0.717) is 6.54 Å². The molecule has 0 bridgehead atoms. The van der Waals surface area contributed by atoms with Gasteiger partial charge in [0.15, 0.2) is 0 Å². The van der Waals surface area contributed by atoms with E-state index in [-0.39, 0.29) is 17.6 Å². The Bertz CT molecular complexity index is 563. The van der Waals surface area contributed by atoms with Crippen molar-refractivity contribution in [3.63, 3.8) is 0 Å². The molecule has 1 aromatic carbocycles. The molecule has 100 valence electrons. The predicted octanol–water partition coefficient (Wildman–Crippen LogP) is 1.04. The molecule has 19 heavy (non-hydrogen) atoms. The molecule has 0 spiro atoms. The minimum atomic E-state index is -0.932. The van der Waals surface area contributed by atoms with Crippen LogP contribution in [-0.4, -0.2) is 22.6 Å². The number of rotatable bonds is 4. The molecular weight excluding hydrogens is 244 g/mol. The van der Waals surface area contributed by atoms with Crippen LogP contribution in [0.1, 0.15) is 35.9 Å². The second-order valence-electron chi connectivity index (χ2n) is 4.35. The van der Waals surface area contributed by atoms with Gasteiger partial charge in [0.2, 0.25) is 0 Å². The zero-order valence-corrected chi connectivity index (χ0v) is 10.9. The van der Waals surface area contributed by atoms with Crippen molar-refractivity contribution >= 4 is 5.91 Å². The maximum Gasteiger partial charge on any atom is 0.292 e. The number of hydrogen-bond acceptors (Lipinski definition) is 5. The van der Waals surface area contributed by atoms with Gasteiger partial charge >= 0.3 is 0 Å². The van der Waals surface area contributed by atoms with Crippen molar-refractivity contribution < 1.29 is 9.32 Å². The van der Waals surface area contributed by atoms with Crippen LogP contribution < -0.4 is 11.1 Å². The maximum absolute atomic E-state index is 11.6. The van der Waals surface area contributed by atoms with E-state index < -0.39 is 5.54 Å². The van der Waals surface area contributed by atoms with E-state index in [4.69, 9.17) is 10.3 Å². The fourth-order valence-electron chi connectivity index (χ4n) is 1.67. The summed E-state index contributed by atoms with van der Waals surface area (Å²) in [5.74, 6) is -0.175. The molecule has 0 saturated heterocycles. The molecule has 3 N–H and O–H groups in total. The van der Waals surface area contributed by atoms with Gasteiger partial charge in [0, 0.05) is 6.54 Å². The van der Waals surface area contributed by atoms with Gasteiger partial charge in [-0.1, -0.05) is 35.5 Å². The van der Waals surface area contributed by atoms with Gasteiger partial charge in [0.25, 0.3) is 17.6 Å². The summed E-state index contributed by atoms with van der Waals surface area (Å²) in [7, 11) is 0. The Morgan fingerprint density at radius 1 is 1.42 bits per heavy atom. The van der Waals surface area contributed by atoms with Crippen LogP contribution in [0.4, 0.5) is 0 Å². The number of amides is 1. The van der Waals surface area contributed by atoms with Crippen molar-refractivity contribution in [1.29, 1.82) is 0 Å². The zero-order chi connectivity index (χ0) is 13.9. The summed E-state index contributed by atoms with van der Waals surface area (Å²) in [6.07, 6.45) is 0. The lowest BCUT2D eigenvalue weighted by Gasteiger charge is -2.19. The van der Waals surface area contributed by atoms with Crippen molar-refractivity contribution in [2.45, 2.75) is 19.4 Å². The lowest BCUT2D eigenvalue weighted by atomic mass is 9.93. The Balaban J connectivity index is 2.29. The molecule has 1 atom stereocenters. The van der Waals surface area contributed by atoms with E-state index in [1.165, 1.54) is 0 Å². The van der Waals surface area contributed by atoms with Crippen molar-refractivity contribution in [3.05, 3.63) is 47.6 Å². The van der Waals surface area contributed by atoms with Crippen LogP contribution in [-0.2, 0) is 5.54 Å². The summed E-state index contributed by atoms with van der Waals surface area (Å²) in [6.45, 7) is 4.08. The highest BCUT2D eigenvalue weighted by Crippen LogP contribution is 2.24. The van der Waals surface area contributed by atoms with E-state index in [9.17, 15) is 4.79 Å². The summed E-state index contributed by atoms with van der Waals surface area (Å²) in [6, 6.07) is 9.39. The highest BCUT2D eigenvalue weighted by molar-refractivity contribution is 5.90. The Kier molecular flexibility index (Phi) is 3.62. The second-order valence-corrected chi connectivity index (χ2v) is 4.35. The smallest absolute Gasteiger partial charge is 0.292 e. The average Bonchev–Trinajstić information content (AvgIpc) is 2.90. The number of hydrogen-bond donors (Lipinski definition) is 2. The van der Waals surface area contributed by atoms with Crippen molar-refractivity contribution in [2.75, 3.05) is 6.54 Å². The number of nitrogens with one attached hydrogen (secondary N) is 1. The number of carbonyl (C=O) groups is 1. The van der Waals surface area contributed by atoms with E-state index in [2.05, 4.69) is 15.5 Å². The van der Waals surface area contributed by atoms with Crippen molar-refractivity contribution in [3.8, 4) is 0 Å². The van der Waals surface area contributed by atoms with Gasteiger partial charge < -0.3 is 15.6 Å². The van der Waals surface area contributed by atoms with Crippen molar-refractivity contribution in [2.24, 2.45) is 5.73 Å². The van der Waals surface area contributed by atoms with Crippen LogP contribution in [0.3, 0.4) is 0 Å². The highest BCUT2D eigenvalue weighted by atomic mass is 16.5. The topological polar surface area (TPSA) is 94.0 Å². The molecule has 0 aliphatic rings. The predicted molar refractivity (Wildman–Crippen MR) is 69.4 cm³/mol. The molecule has 1 heterocycles. The average molecular weight is 260 g/mol. The maximum atomic E-state index is 11.6. The van der Waals surface area contributed by atoms with Gasteiger partial charge in [0.1, 0.15) is 5.54 Å². The molecule has 1 unspecified atom stereocenters. The van der Waals surface area contributed by atoms with Crippen LogP contribution in [0.25, 0.3) is 0 Å². The minimum Gasteiger partial charge on any atom is -0.349 e. The fourth-order valence-corrected chi connectivity index (χ4v) is 1.67. The molecule has 2 aromatic rings. The SMILES string of the molecule is CCNC(=O)c1noc(C(C)(N)c2ccccc2)n1. The zero-order valence-electron chi connectivity index (χ0n) is 10.9. The standard InChI is InChI=1S/C13H16N4O2/c1-3-15-11(18)10-16-12(19-17-10)13(2,14)9-7-5-4-6-8-9/h4-8H,3,14H2,1-2H3,(H,15,18). The molecule has 0 aliphatic heterocycles. The Hall–Kier alpha value is -2.21. The summed E-state index contributed by atoms with van der Waals surface area (Å²) in [5.41, 5.74) is 6.12. The van der Waals surface area contributed by atoms with Crippen molar-refractivity contribution in [1.82, 2.24) is 15.5 Å². The molecule has 6 heteroatoms. The lowest BCUT2D eigenvalue weighted by molar-refractivity contribution is 0.0942. The first-order valence-electron chi connectivity index (χ1n) is 6.02. The summed E-state index contributed by atoms with van der Waals surface area (Å²) >= 11 is 0. The number of aromatic nitrogens is 2. The van der Waals surface area contributed by atoms with Crippen LogP contribution in [0.5, 0.6) is 0 Å². The third-order valence-electron chi connectivity index (χ3n) is 2.78. The molecule has 0 aliphatic carbocycles. The van der Waals surface area contributed by atoms with Gasteiger partial charge in [-0.15, -0.1) is 0 Å². The Morgan fingerprint density at radius 3 is 2.74 bits per heavy atom. The number of benzene rings is 1. The molecule has 0 fully saturated rings. The van der Waals surface area contributed by atoms with Crippen LogP contribution >= 0.6 is 0 Å². The monoisotopic (exact) mass is 260 g/mol. The number of nitrogens with two attached hydrogens (primary N) is 1. The third kappa shape index (κ3) is 2.63. The van der Waals surface area contributed by atoms with E-state index >= 15 is 0 Å². The molecule has 1 aromatic heterocycles. The van der Waals surface area contributed by atoms with Crippen LogP contribution in [0, 0.1) is 0 Å². The summed E-state index contributed by atoms with van der Waals surface area (Å²) < 4.78 is 5.10. The quantitative estimate of drug-likeness (QED) is 0.856. The van der Waals surface area contributed by atoms with Gasteiger partial charge in [-0.2, -0.15) is 4.98 Å². The molecule has 1 amide bonds. The van der Waals surface area contributed by atoms with E-state index in [0.717, 1.165) is 5.56 Å². The van der Waals surface area contributed by atoms with Gasteiger partial charge in [-0.05, 0) is 19.4 Å². The van der Waals surface area contributed by atoms with E-state index in [1.807, 2.05) is 37.3 Å². The van der Waals surface area contributed by atoms with Gasteiger partial charge in [-0.25, -0.2) is 0 Å². The van der Waals surface area contributed by atoms with Crippen LogP contribution in [0.2, 0.25) is 0 Å². The second kappa shape index (κ2) is 5.19. The Labute approximate surface area is 111 Å². The van der Waals surface area contributed by atoms with Crippen LogP contribution in [0.15, 0.2) is 34.9 Å². The highest BCUT2D eigenvalue weighted by Gasteiger charge is 2.31. The molecule has 0 radical (unpaired) electrons. The molecule has 0 saturated carbocycles. The van der Waals surface area contributed by atoms with E-state index in [1.54, 1.807) is 6.92 Å². The molecule has 2 rings (SSSR count). The first kappa shape index (κ1) is 13.2. The molecular formula is C13H16N4O2. The number of nitrogens with zero attached hydrogens (tertiary/aromatic N) is 2. The van der Waals surface area contributed by atoms with Gasteiger partial charge in [0.05, 0.1) is 0 Å². The number of carbonyl (C=O) groups excluding carboxylic acids is 1. The first-order chi connectivity index (χ1) is 9.05. The minimum absolute atomic E-state index is 0.00976. The molecule has 6 nitrogen and oxygen atoms in total. The van der Waals surface area contributed by atoms with Gasteiger partial charge in [-0.3, -0.25) is 4.79 Å². The Morgan fingerprint density at radius 2 is 2.11 bits per heavy atom. The lowest BCUT2D eigenvalue weighted by Crippen LogP contribution is -2.35. The third-order valence-corrected chi connectivity index (χ3v) is 2.78. The normalized spacial score (nSPS) is 13.8. The summed E-state index contributed by atoms with van der Waals surface area (Å²) in [5, 5.41) is 6.25. The fraction of sp³-hybridized carbons (Fsp3) is 0.308. The largest absolute Gasteiger partial charge is 0.349 e. The first-order valence-corrected chi connectivity index (χ1v) is 6.02.